The highest BCUT2D eigenvalue weighted by atomic mass is 28.4. The van der Waals surface area contributed by atoms with E-state index in [0.717, 1.165) is 32.3 Å². The van der Waals surface area contributed by atoms with Gasteiger partial charge in [0.1, 0.15) is 0 Å². The molecule has 0 unspecified atom stereocenters. The number of furan rings is 1. The Morgan fingerprint density at radius 3 is 2.38 bits per heavy atom. The Morgan fingerprint density at radius 1 is 1.12 bits per heavy atom. The second-order valence-corrected chi connectivity index (χ2v) is 13.2. The van der Waals surface area contributed by atoms with Crippen molar-refractivity contribution in [1.29, 1.82) is 0 Å². The maximum Gasteiger partial charge on any atom is 0.192 e. The molecule has 0 fully saturated rings. The lowest BCUT2D eigenvalue weighted by molar-refractivity contribution is 0.318. The molecule has 1 aromatic rings. The zero-order valence-electron chi connectivity index (χ0n) is 16.7. The summed E-state index contributed by atoms with van der Waals surface area (Å²) in [4.78, 5) is 0. The van der Waals surface area contributed by atoms with Crippen LogP contribution in [0.15, 0.2) is 46.3 Å². The van der Waals surface area contributed by atoms with Crippen LogP contribution in [0.25, 0.3) is 0 Å². The van der Waals surface area contributed by atoms with Gasteiger partial charge in [0.05, 0.1) is 19.1 Å². The van der Waals surface area contributed by atoms with E-state index in [0.29, 0.717) is 0 Å². The van der Waals surface area contributed by atoms with Crippen LogP contribution < -0.4 is 0 Å². The normalized spacial score (nSPS) is 14.3. The summed E-state index contributed by atoms with van der Waals surface area (Å²) in [5.74, 6) is 0. The fourth-order valence-electron chi connectivity index (χ4n) is 2.14. The number of hydrogen-bond donors (Lipinski definition) is 0. The topological polar surface area (TPSA) is 22.4 Å². The van der Waals surface area contributed by atoms with E-state index in [1.165, 1.54) is 16.7 Å². The fourth-order valence-corrected chi connectivity index (χ4v) is 3.16. The van der Waals surface area contributed by atoms with Gasteiger partial charge in [0, 0.05) is 0 Å². The van der Waals surface area contributed by atoms with Crippen LogP contribution in [0.4, 0.5) is 0 Å². The Kier molecular flexibility index (Phi) is 8.24. The SMILES string of the molecule is C/C(=C\CCc1ccoc1)CC/C=C(\C)CO[Si](C)(C)C(C)(C)C. The van der Waals surface area contributed by atoms with Gasteiger partial charge >= 0.3 is 0 Å². The summed E-state index contributed by atoms with van der Waals surface area (Å²) < 4.78 is 11.4. The van der Waals surface area contributed by atoms with E-state index >= 15 is 0 Å². The van der Waals surface area contributed by atoms with E-state index in [4.69, 9.17) is 8.84 Å². The maximum atomic E-state index is 6.27. The van der Waals surface area contributed by atoms with E-state index in [1.807, 2.05) is 12.3 Å². The lowest BCUT2D eigenvalue weighted by Crippen LogP contribution is -2.41. The van der Waals surface area contributed by atoms with E-state index in [-0.39, 0.29) is 5.04 Å². The average Bonchev–Trinajstić information content (AvgIpc) is 2.97. The highest BCUT2D eigenvalue weighted by Gasteiger charge is 2.36. The molecule has 0 aliphatic carbocycles. The molecule has 1 aromatic heterocycles. The summed E-state index contributed by atoms with van der Waals surface area (Å²) in [7, 11) is -1.63. The first-order valence-corrected chi connectivity index (χ1v) is 12.0. The predicted octanol–water partition coefficient (Wildman–Crippen LogP) is 6.91. The molecule has 0 atom stereocenters. The van der Waals surface area contributed by atoms with Crippen molar-refractivity contribution in [2.45, 2.75) is 78.4 Å². The molecule has 0 aromatic carbocycles. The van der Waals surface area contributed by atoms with Gasteiger partial charge in [-0.05, 0) is 69.3 Å². The molecule has 3 heteroatoms. The van der Waals surface area contributed by atoms with Crippen LogP contribution in [0.2, 0.25) is 18.1 Å². The molecule has 24 heavy (non-hydrogen) atoms. The van der Waals surface area contributed by atoms with Gasteiger partial charge in [-0.25, -0.2) is 0 Å². The van der Waals surface area contributed by atoms with E-state index in [2.05, 4.69) is 59.9 Å². The van der Waals surface area contributed by atoms with Gasteiger partial charge in [-0.15, -0.1) is 0 Å². The first-order chi connectivity index (χ1) is 11.1. The Balaban J connectivity index is 2.29. The van der Waals surface area contributed by atoms with Crippen molar-refractivity contribution < 1.29 is 8.84 Å². The highest BCUT2D eigenvalue weighted by Crippen LogP contribution is 2.36. The quantitative estimate of drug-likeness (QED) is 0.357. The first kappa shape index (κ1) is 21.0. The van der Waals surface area contributed by atoms with E-state index < -0.39 is 8.32 Å². The summed E-state index contributed by atoms with van der Waals surface area (Å²) >= 11 is 0. The van der Waals surface area contributed by atoms with Crippen LogP contribution >= 0.6 is 0 Å². The van der Waals surface area contributed by atoms with Crippen molar-refractivity contribution in [1.82, 2.24) is 0 Å². The predicted molar refractivity (Wildman–Crippen MR) is 107 cm³/mol. The van der Waals surface area contributed by atoms with E-state index in [9.17, 15) is 0 Å². The molecular weight excluding hydrogens is 312 g/mol. The lowest BCUT2D eigenvalue weighted by Gasteiger charge is -2.36. The minimum absolute atomic E-state index is 0.279. The third-order valence-corrected chi connectivity index (χ3v) is 9.48. The van der Waals surface area contributed by atoms with Crippen LogP contribution in [0.5, 0.6) is 0 Å². The lowest BCUT2D eigenvalue weighted by atomic mass is 10.1. The zero-order chi connectivity index (χ0) is 18.2. The van der Waals surface area contributed by atoms with E-state index in [1.54, 1.807) is 6.26 Å². The summed E-state index contributed by atoms with van der Waals surface area (Å²) in [5.41, 5.74) is 4.09. The molecule has 0 spiro atoms. The minimum atomic E-state index is -1.63. The number of hydrogen-bond acceptors (Lipinski definition) is 2. The summed E-state index contributed by atoms with van der Waals surface area (Å²) in [6.45, 7) is 16.7. The highest BCUT2D eigenvalue weighted by molar-refractivity contribution is 6.74. The van der Waals surface area contributed by atoms with Gasteiger partial charge in [-0.3, -0.25) is 0 Å². The monoisotopic (exact) mass is 348 g/mol. The third-order valence-electron chi connectivity index (χ3n) is 5.00. The summed E-state index contributed by atoms with van der Waals surface area (Å²) in [6.07, 6.45) is 12.6. The Labute approximate surface area is 150 Å². The third kappa shape index (κ3) is 7.67. The van der Waals surface area contributed by atoms with Gasteiger partial charge in [0.2, 0.25) is 0 Å². The molecule has 1 heterocycles. The molecule has 0 saturated carbocycles. The fraction of sp³-hybridized carbons (Fsp3) is 0.619. The van der Waals surface area contributed by atoms with Crippen LogP contribution in [-0.4, -0.2) is 14.9 Å². The van der Waals surface area contributed by atoms with Crippen LogP contribution in [-0.2, 0) is 10.8 Å². The molecule has 0 radical (unpaired) electrons. The van der Waals surface area contributed by atoms with Crippen molar-refractivity contribution >= 4 is 8.32 Å². The van der Waals surface area contributed by atoms with Crippen LogP contribution in [0, 0.1) is 0 Å². The van der Waals surface area contributed by atoms with Crippen LogP contribution in [0.1, 0.15) is 59.4 Å². The minimum Gasteiger partial charge on any atom is -0.472 e. The van der Waals surface area contributed by atoms with Gasteiger partial charge in [-0.1, -0.05) is 44.1 Å². The average molecular weight is 349 g/mol. The maximum absolute atomic E-state index is 6.27. The largest absolute Gasteiger partial charge is 0.472 e. The Morgan fingerprint density at radius 2 is 1.79 bits per heavy atom. The van der Waals surface area contributed by atoms with Gasteiger partial charge in [0.15, 0.2) is 8.32 Å². The Hall–Kier alpha value is -1.06. The molecular formula is C21H36O2Si. The van der Waals surface area contributed by atoms with Gasteiger partial charge in [0.25, 0.3) is 0 Å². The first-order valence-electron chi connectivity index (χ1n) is 9.08. The van der Waals surface area contributed by atoms with Crippen molar-refractivity contribution in [3.05, 3.63) is 47.5 Å². The number of aryl methyl sites for hydroxylation is 1. The molecule has 1 rings (SSSR count). The molecule has 0 aliphatic rings. The van der Waals surface area contributed by atoms with Crippen LogP contribution in [0.3, 0.4) is 0 Å². The standard InChI is InChI=1S/C21H36O2Si/c1-18(11-9-13-20-14-15-22-17-20)10-8-12-19(2)16-23-24(6,7)21(3,4)5/h11-12,14-15,17H,8-10,13,16H2,1-7H3/b18-11+,19-12+. The molecule has 0 aliphatic heterocycles. The second kappa shape index (κ2) is 9.43. The van der Waals surface area contributed by atoms with Crippen molar-refractivity contribution in [2.75, 3.05) is 6.61 Å². The van der Waals surface area contributed by atoms with Gasteiger partial charge < -0.3 is 8.84 Å². The molecule has 0 amide bonds. The van der Waals surface area contributed by atoms with Crippen molar-refractivity contribution in [3.63, 3.8) is 0 Å². The smallest absolute Gasteiger partial charge is 0.192 e. The number of rotatable bonds is 9. The molecule has 136 valence electrons. The number of allylic oxidation sites excluding steroid dienone is 3. The molecule has 2 nitrogen and oxygen atoms in total. The summed E-state index contributed by atoms with van der Waals surface area (Å²) in [5, 5.41) is 0.279. The van der Waals surface area contributed by atoms with Gasteiger partial charge in [-0.2, -0.15) is 0 Å². The zero-order valence-corrected chi connectivity index (χ0v) is 17.7. The van der Waals surface area contributed by atoms with Crippen molar-refractivity contribution in [3.8, 4) is 0 Å². The molecule has 0 N–H and O–H groups in total. The van der Waals surface area contributed by atoms with Crippen molar-refractivity contribution in [2.24, 2.45) is 0 Å². The summed E-state index contributed by atoms with van der Waals surface area (Å²) in [6, 6.07) is 2.04. The molecule has 0 bridgehead atoms. The Bertz CT molecular complexity index is 531. The molecule has 0 saturated heterocycles. The second-order valence-electron chi connectivity index (χ2n) is 8.36.